The van der Waals surface area contributed by atoms with Crippen LogP contribution < -0.4 is 9.47 Å². The van der Waals surface area contributed by atoms with Crippen molar-refractivity contribution in [2.24, 2.45) is 0 Å². The van der Waals surface area contributed by atoms with Gasteiger partial charge in [-0.05, 0) is 79.4 Å². The summed E-state index contributed by atoms with van der Waals surface area (Å²) in [5.41, 5.74) is 2.41. The highest BCUT2D eigenvalue weighted by molar-refractivity contribution is 7.33. The number of carbonyl (C=O) groups is 3. The molecular formula is C41H46O7S2. The van der Waals surface area contributed by atoms with E-state index in [0.29, 0.717) is 35.2 Å². The molecule has 264 valence electrons. The van der Waals surface area contributed by atoms with Crippen LogP contribution in [0.4, 0.5) is 0 Å². The number of unbranched alkanes of at least 4 members (excludes halogenated alkanes) is 8. The summed E-state index contributed by atoms with van der Waals surface area (Å²) in [6, 6.07) is 22.0. The lowest BCUT2D eigenvalue weighted by Gasteiger charge is -2.12. The van der Waals surface area contributed by atoms with Gasteiger partial charge in [-0.25, -0.2) is 14.4 Å². The summed E-state index contributed by atoms with van der Waals surface area (Å²) in [5.74, 6) is -0.218. The molecule has 0 spiro atoms. The van der Waals surface area contributed by atoms with E-state index >= 15 is 0 Å². The highest BCUT2D eigenvalue weighted by atomic mass is 32.1. The average Bonchev–Trinajstić information content (AvgIpc) is 3.69. The molecule has 0 amide bonds. The maximum absolute atomic E-state index is 13.1. The summed E-state index contributed by atoms with van der Waals surface area (Å²) in [7, 11) is 0. The summed E-state index contributed by atoms with van der Waals surface area (Å²) < 4.78 is 25.3. The molecule has 7 nitrogen and oxygen atoms in total. The molecule has 0 N–H and O–H groups in total. The monoisotopic (exact) mass is 714 g/mol. The number of carbonyl (C=O) groups excluding carboxylic acids is 3. The Hall–Kier alpha value is -4.05. The van der Waals surface area contributed by atoms with Gasteiger partial charge < -0.3 is 18.9 Å². The van der Waals surface area contributed by atoms with Crippen molar-refractivity contribution in [2.75, 3.05) is 13.2 Å². The number of hydrogen-bond acceptors (Lipinski definition) is 9. The lowest BCUT2D eigenvalue weighted by molar-refractivity contribution is -0.146. The van der Waals surface area contributed by atoms with E-state index in [0.717, 1.165) is 69.1 Å². The molecule has 0 saturated heterocycles. The lowest BCUT2D eigenvalue weighted by Crippen LogP contribution is -2.26. The lowest BCUT2D eigenvalue weighted by atomic mass is 10.0. The Morgan fingerprint density at radius 1 is 0.620 bits per heavy atom. The van der Waals surface area contributed by atoms with Gasteiger partial charge in [-0.15, -0.1) is 22.7 Å². The minimum atomic E-state index is -0.632. The Morgan fingerprint density at radius 2 is 1.24 bits per heavy atom. The third-order valence-corrected chi connectivity index (χ3v) is 10.9. The number of thiophene rings is 2. The van der Waals surface area contributed by atoms with Crippen molar-refractivity contribution >= 4 is 60.1 Å². The molecule has 0 aliphatic heterocycles. The van der Waals surface area contributed by atoms with E-state index in [1.807, 2.05) is 42.5 Å². The number of fused-ring (bicyclic) bond motifs is 3. The van der Waals surface area contributed by atoms with E-state index in [-0.39, 0.29) is 5.97 Å². The molecule has 0 aliphatic carbocycles. The Morgan fingerprint density at radius 3 is 1.96 bits per heavy atom. The number of esters is 3. The van der Waals surface area contributed by atoms with Crippen LogP contribution in [0.3, 0.4) is 0 Å². The average molecular weight is 715 g/mol. The molecule has 2 heterocycles. The van der Waals surface area contributed by atoms with Gasteiger partial charge in [0, 0.05) is 21.4 Å². The van der Waals surface area contributed by atoms with Gasteiger partial charge in [0.15, 0.2) is 6.10 Å². The largest absolute Gasteiger partial charge is 0.462 e. The van der Waals surface area contributed by atoms with Crippen molar-refractivity contribution in [1.29, 1.82) is 0 Å². The first-order valence-electron chi connectivity index (χ1n) is 17.8. The van der Waals surface area contributed by atoms with E-state index in [2.05, 4.69) is 13.8 Å². The second kappa shape index (κ2) is 18.8. The van der Waals surface area contributed by atoms with Gasteiger partial charge in [0.05, 0.1) is 16.9 Å². The zero-order valence-electron chi connectivity index (χ0n) is 29.2. The molecule has 0 saturated carbocycles. The van der Waals surface area contributed by atoms with Crippen LogP contribution in [-0.4, -0.2) is 37.2 Å². The van der Waals surface area contributed by atoms with E-state index < -0.39 is 18.0 Å². The minimum absolute atomic E-state index is 0.302. The van der Waals surface area contributed by atoms with Gasteiger partial charge in [0.25, 0.3) is 0 Å². The fourth-order valence-electron chi connectivity index (χ4n) is 5.55. The fraction of sp³-hybridized carbons (Fsp3) is 0.390. The molecular weight excluding hydrogens is 669 g/mol. The van der Waals surface area contributed by atoms with Crippen LogP contribution in [0.25, 0.3) is 30.6 Å². The Balaban J connectivity index is 1.12. The fourth-order valence-corrected chi connectivity index (χ4v) is 7.98. The number of ether oxygens (including phenoxy) is 4. The van der Waals surface area contributed by atoms with Gasteiger partial charge in [-0.1, -0.05) is 89.5 Å². The Bertz CT molecular complexity index is 1850. The SMILES string of the molecule is CCCCCCCCOC(=O)c1ccc(-c2ccc(OC(=O)c3cc4sc5cc(OC(=O)[C@H](C)OCCCCCC)ccc5c4s3)cc2)cc1. The molecule has 9 heteroatoms. The van der Waals surface area contributed by atoms with Crippen molar-refractivity contribution in [3.8, 4) is 22.6 Å². The molecule has 5 rings (SSSR count). The van der Waals surface area contributed by atoms with Crippen LogP contribution in [0.2, 0.25) is 0 Å². The summed E-state index contributed by atoms with van der Waals surface area (Å²) in [4.78, 5) is 38.5. The molecule has 0 aliphatic rings. The zero-order chi connectivity index (χ0) is 35.3. The molecule has 3 aromatic carbocycles. The molecule has 0 radical (unpaired) electrons. The third-order valence-electron chi connectivity index (χ3n) is 8.48. The predicted molar refractivity (Wildman–Crippen MR) is 203 cm³/mol. The highest BCUT2D eigenvalue weighted by Gasteiger charge is 2.19. The molecule has 0 bridgehead atoms. The second-order valence-electron chi connectivity index (χ2n) is 12.5. The van der Waals surface area contributed by atoms with Crippen LogP contribution >= 0.6 is 22.7 Å². The number of benzene rings is 3. The summed E-state index contributed by atoms with van der Waals surface area (Å²) >= 11 is 2.92. The first-order chi connectivity index (χ1) is 24.4. The highest BCUT2D eigenvalue weighted by Crippen LogP contribution is 2.41. The standard InChI is InChI=1S/C41H46O7S2/c1-4-6-8-10-11-13-25-46-40(43)31-16-14-29(15-17-31)30-18-20-32(21-19-30)47-41(44)37-27-36-38(50-37)34-23-22-33(26-35(34)49-36)48-39(42)28(3)45-24-12-9-7-5-2/h14-23,26-28H,4-13,24-25H2,1-3H3/t28-/m0/s1. The van der Waals surface area contributed by atoms with Crippen LogP contribution in [0.5, 0.6) is 11.5 Å². The Kier molecular flexibility index (Phi) is 14.0. The zero-order valence-corrected chi connectivity index (χ0v) is 30.8. The summed E-state index contributed by atoms with van der Waals surface area (Å²) in [6.07, 6.45) is 10.6. The smallest absolute Gasteiger partial charge is 0.353 e. The number of hydrogen-bond donors (Lipinski definition) is 0. The van der Waals surface area contributed by atoms with Gasteiger partial charge in [0.1, 0.15) is 16.4 Å². The van der Waals surface area contributed by atoms with E-state index in [4.69, 9.17) is 18.9 Å². The van der Waals surface area contributed by atoms with Crippen molar-refractivity contribution in [3.63, 3.8) is 0 Å². The molecule has 1 atom stereocenters. The summed E-state index contributed by atoms with van der Waals surface area (Å²) in [5, 5.41) is 0.996. The Labute approximate surface area is 302 Å². The van der Waals surface area contributed by atoms with E-state index in [9.17, 15) is 14.4 Å². The van der Waals surface area contributed by atoms with Crippen LogP contribution in [0.15, 0.2) is 72.8 Å². The van der Waals surface area contributed by atoms with E-state index in [1.165, 1.54) is 48.4 Å². The minimum Gasteiger partial charge on any atom is -0.462 e. The van der Waals surface area contributed by atoms with E-state index in [1.54, 1.807) is 37.3 Å². The van der Waals surface area contributed by atoms with Gasteiger partial charge in [-0.2, -0.15) is 0 Å². The van der Waals surface area contributed by atoms with Gasteiger partial charge in [0.2, 0.25) is 0 Å². The van der Waals surface area contributed by atoms with Crippen LogP contribution in [-0.2, 0) is 14.3 Å². The van der Waals surface area contributed by atoms with Crippen molar-refractivity contribution in [2.45, 2.75) is 91.1 Å². The predicted octanol–water partition coefficient (Wildman–Crippen LogP) is 11.4. The van der Waals surface area contributed by atoms with Crippen molar-refractivity contribution in [3.05, 3.63) is 83.2 Å². The van der Waals surface area contributed by atoms with Crippen molar-refractivity contribution in [1.82, 2.24) is 0 Å². The van der Waals surface area contributed by atoms with Crippen molar-refractivity contribution < 1.29 is 33.3 Å². The molecule has 0 fully saturated rings. The topological polar surface area (TPSA) is 88.1 Å². The van der Waals surface area contributed by atoms with Crippen LogP contribution in [0.1, 0.15) is 105 Å². The molecule has 50 heavy (non-hydrogen) atoms. The normalized spacial score (nSPS) is 11.9. The van der Waals surface area contributed by atoms with Crippen LogP contribution in [0, 0.1) is 0 Å². The second-order valence-corrected chi connectivity index (χ2v) is 14.6. The summed E-state index contributed by atoms with van der Waals surface area (Å²) in [6.45, 7) is 7.06. The quantitative estimate of drug-likeness (QED) is 0.0478. The maximum Gasteiger partial charge on any atom is 0.353 e. The molecule has 0 unspecified atom stereocenters. The van der Waals surface area contributed by atoms with Gasteiger partial charge >= 0.3 is 17.9 Å². The molecule has 5 aromatic rings. The number of rotatable bonds is 19. The van der Waals surface area contributed by atoms with Gasteiger partial charge in [-0.3, -0.25) is 0 Å². The third kappa shape index (κ3) is 10.2. The molecule has 2 aromatic heterocycles. The first-order valence-corrected chi connectivity index (χ1v) is 19.4. The maximum atomic E-state index is 13.1. The first kappa shape index (κ1) is 37.2.